The van der Waals surface area contributed by atoms with E-state index in [1.807, 2.05) is 20.8 Å². The number of nitriles is 1. The number of carbonyl (C=O) groups is 1. The summed E-state index contributed by atoms with van der Waals surface area (Å²) < 4.78 is 5.52. The van der Waals surface area contributed by atoms with Gasteiger partial charge in [0, 0.05) is 25.0 Å². The normalized spacial score (nSPS) is 30.2. The first kappa shape index (κ1) is 13.9. The summed E-state index contributed by atoms with van der Waals surface area (Å²) in [5.74, 6) is -0.350. The van der Waals surface area contributed by atoms with E-state index in [1.165, 1.54) is 0 Å². The fourth-order valence-electron chi connectivity index (χ4n) is 2.14. The second kappa shape index (κ2) is 5.03. The van der Waals surface area contributed by atoms with Crippen molar-refractivity contribution in [2.24, 2.45) is 5.41 Å². The molecule has 0 spiro atoms. The monoisotopic (exact) mass is 240 g/mol. The van der Waals surface area contributed by atoms with E-state index in [-0.39, 0.29) is 30.4 Å². The van der Waals surface area contributed by atoms with Gasteiger partial charge in [-0.3, -0.25) is 4.79 Å². The van der Waals surface area contributed by atoms with Gasteiger partial charge in [-0.2, -0.15) is 5.26 Å². The Hall–Kier alpha value is -1.12. The number of hydrogen-bond acceptors (Lipinski definition) is 4. The van der Waals surface area contributed by atoms with Crippen LogP contribution in [0.4, 0.5) is 0 Å². The van der Waals surface area contributed by atoms with Crippen LogP contribution in [0.15, 0.2) is 0 Å². The summed E-state index contributed by atoms with van der Waals surface area (Å²) in [6.45, 7) is 6.55. The van der Waals surface area contributed by atoms with Crippen molar-refractivity contribution >= 4 is 5.91 Å². The van der Waals surface area contributed by atoms with Gasteiger partial charge >= 0.3 is 0 Å². The van der Waals surface area contributed by atoms with Crippen LogP contribution in [0.3, 0.4) is 0 Å². The lowest BCUT2D eigenvalue weighted by Gasteiger charge is -2.57. The maximum Gasteiger partial charge on any atom is 0.234 e. The third-order valence-electron chi connectivity index (χ3n) is 3.71. The van der Waals surface area contributed by atoms with Gasteiger partial charge < -0.3 is 15.2 Å². The smallest absolute Gasteiger partial charge is 0.234 e. The molecule has 0 aliphatic heterocycles. The Bertz CT molecular complexity index is 335. The molecule has 0 aromatic rings. The van der Waals surface area contributed by atoms with Crippen LogP contribution in [-0.4, -0.2) is 35.9 Å². The van der Waals surface area contributed by atoms with Crippen LogP contribution < -0.4 is 5.32 Å². The van der Waals surface area contributed by atoms with Crippen LogP contribution in [-0.2, 0) is 9.53 Å². The molecule has 1 rings (SSSR count). The van der Waals surface area contributed by atoms with Crippen molar-refractivity contribution in [1.29, 1.82) is 5.26 Å². The number of rotatable bonds is 5. The highest BCUT2D eigenvalue weighted by Gasteiger charge is 2.59. The summed E-state index contributed by atoms with van der Waals surface area (Å²) in [7, 11) is 0. The van der Waals surface area contributed by atoms with E-state index in [0.29, 0.717) is 13.0 Å². The van der Waals surface area contributed by atoms with Crippen molar-refractivity contribution in [3.05, 3.63) is 0 Å². The number of ether oxygens (including phenoxy) is 1. The number of nitrogens with one attached hydrogen (secondary N) is 1. The molecule has 2 N–H and O–H groups in total. The number of amides is 1. The quantitative estimate of drug-likeness (QED) is 0.736. The Balaban J connectivity index is 2.49. The minimum absolute atomic E-state index is 0.0189. The maximum absolute atomic E-state index is 11.2. The molecule has 0 bridgehead atoms. The van der Waals surface area contributed by atoms with E-state index in [4.69, 9.17) is 10.00 Å². The molecular formula is C12H20N2O3. The minimum atomic E-state index is -0.946. The SMILES string of the molecule is CCO[C@H]1C[C@@](O)(CNC(=O)CC#N)C1(C)C. The highest BCUT2D eigenvalue weighted by Crippen LogP contribution is 2.50. The van der Waals surface area contributed by atoms with Crippen LogP contribution in [0.5, 0.6) is 0 Å². The van der Waals surface area contributed by atoms with Gasteiger partial charge in [0.25, 0.3) is 0 Å². The zero-order valence-corrected chi connectivity index (χ0v) is 10.6. The first-order valence-corrected chi connectivity index (χ1v) is 5.85. The summed E-state index contributed by atoms with van der Waals surface area (Å²) in [5, 5.41) is 21.3. The molecule has 0 heterocycles. The van der Waals surface area contributed by atoms with Gasteiger partial charge in [0.1, 0.15) is 6.42 Å². The van der Waals surface area contributed by atoms with E-state index >= 15 is 0 Å². The maximum atomic E-state index is 11.2. The molecule has 2 atom stereocenters. The van der Waals surface area contributed by atoms with Crippen LogP contribution in [0.1, 0.15) is 33.6 Å². The highest BCUT2D eigenvalue weighted by molar-refractivity contribution is 5.78. The van der Waals surface area contributed by atoms with Crippen molar-refractivity contribution in [3.63, 3.8) is 0 Å². The lowest BCUT2D eigenvalue weighted by Crippen LogP contribution is -2.68. The van der Waals surface area contributed by atoms with Crippen LogP contribution in [0.2, 0.25) is 0 Å². The zero-order chi connectivity index (χ0) is 13.1. The predicted octanol–water partition coefficient (Wildman–Crippen LogP) is 0.582. The van der Waals surface area contributed by atoms with E-state index in [9.17, 15) is 9.90 Å². The lowest BCUT2D eigenvalue weighted by molar-refractivity contribution is -0.238. The molecule has 17 heavy (non-hydrogen) atoms. The van der Waals surface area contributed by atoms with Crippen LogP contribution >= 0.6 is 0 Å². The van der Waals surface area contributed by atoms with Crippen molar-refractivity contribution in [3.8, 4) is 6.07 Å². The summed E-state index contributed by atoms with van der Waals surface area (Å²) in [5.41, 5.74) is -1.33. The molecule has 1 fully saturated rings. The third-order valence-corrected chi connectivity index (χ3v) is 3.71. The predicted molar refractivity (Wildman–Crippen MR) is 62.0 cm³/mol. The van der Waals surface area contributed by atoms with Gasteiger partial charge in [0.2, 0.25) is 5.91 Å². The number of nitrogens with zero attached hydrogens (tertiary/aromatic N) is 1. The Morgan fingerprint density at radius 3 is 2.76 bits per heavy atom. The van der Waals surface area contributed by atoms with Crippen LogP contribution in [0, 0.1) is 16.7 Å². The fourth-order valence-corrected chi connectivity index (χ4v) is 2.14. The summed E-state index contributed by atoms with van der Waals surface area (Å²) in [6.07, 6.45) is 0.358. The molecule has 1 saturated carbocycles. The molecule has 5 nitrogen and oxygen atoms in total. The largest absolute Gasteiger partial charge is 0.387 e. The van der Waals surface area contributed by atoms with Crippen molar-refractivity contribution in [2.45, 2.75) is 45.3 Å². The van der Waals surface area contributed by atoms with Gasteiger partial charge in [0.15, 0.2) is 0 Å². The topological polar surface area (TPSA) is 82.3 Å². The van der Waals surface area contributed by atoms with Gasteiger partial charge in [-0.1, -0.05) is 13.8 Å². The molecule has 1 aliphatic rings. The molecule has 0 radical (unpaired) electrons. The summed E-state index contributed by atoms with van der Waals surface area (Å²) >= 11 is 0. The van der Waals surface area contributed by atoms with Gasteiger partial charge in [0.05, 0.1) is 17.8 Å². The fraction of sp³-hybridized carbons (Fsp3) is 0.833. The molecule has 5 heteroatoms. The lowest BCUT2D eigenvalue weighted by atomic mass is 9.56. The standard InChI is InChI=1S/C12H20N2O3/c1-4-17-9-7-12(16,11(9,2)3)8-14-10(15)5-6-13/h9,16H,4-5,7-8H2,1-3H3,(H,14,15)/t9-,12+/m0/s1. The Kier molecular flexibility index (Phi) is 4.12. The summed E-state index contributed by atoms with van der Waals surface area (Å²) in [6, 6.07) is 1.77. The van der Waals surface area contributed by atoms with E-state index < -0.39 is 5.60 Å². The average molecular weight is 240 g/mol. The molecule has 0 saturated heterocycles. The molecule has 1 aliphatic carbocycles. The second-order valence-electron chi connectivity index (χ2n) is 5.01. The van der Waals surface area contributed by atoms with E-state index in [0.717, 1.165) is 0 Å². The number of aliphatic hydroxyl groups is 1. The number of hydrogen-bond donors (Lipinski definition) is 2. The van der Waals surface area contributed by atoms with Gasteiger partial charge in [-0.15, -0.1) is 0 Å². The van der Waals surface area contributed by atoms with Crippen molar-refractivity contribution in [1.82, 2.24) is 5.32 Å². The van der Waals surface area contributed by atoms with Gasteiger partial charge in [-0.25, -0.2) is 0 Å². The Morgan fingerprint density at radius 1 is 1.65 bits per heavy atom. The zero-order valence-electron chi connectivity index (χ0n) is 10.6. The highest BCUT2D eigenvalue weighted by atomic mass is 16.5. The average Bonchev–Trinajstić information content (AvgIpc) is 2.26. The number of carbonyl (C=O) groups excluding carboxylic acids is 1. The second-order valence-corrected chi connectivity index (χ2v) is 5.01. The van der Waals surface area contributed by atoms with E-state index in [2.05, 4.69) is 5.32 Å². The first-order chi connectivity index (χ1) is 7.87. The summed E-state index contributed by atoms with van der Waals surface area (Å²) in [4.78, 5) is 11.2. The van der Waals surface area contributed by atoms with E-state index in [1.54, 1.807) is 6.07 Å². The Labute approximate surface area is 102 Å². The molecule has 0 unspecified atom stereocenters. The minimum Gasteiger partial charge on any atom is -0.387 e. The molecular weight excluding hydrogens is 220 g/mol. The molecule has 1 amide bonds. The molecule has 96 valence electrons. The van der Waals surface area contributed by atoms with Crippen molar-refractivity contribution in [2.75, 3.05) is 13.2 Å². The third kappa shape index (κ3) is 2.59. The van der Waals surface area contributed by atoms with Crippen molar-refractivity contribution < 1.29 is 14.6 Å². The van der Waals surface area contributed by atoms with Crippen LogP contribution in [0.25, 0.3) is 0 Å². The first-order valence-electron chi connectivity index (χ1n) is 5.85. The molecule has 0 aromatic heterocycles. The van der Waals surface area contributed by atoms with Gasteiger partial charge in [-0.05, 0) is 6.92 Å². The Morgan fingerprint density at radius 2 is 2.29 bits per heavy atom. The molecule has 0 aromatic carbocycles.